The van der Waals surface area contributed by atoms with Crippen LogP contribution in [-0.2, 0) is 9.53 Å². The first-order valence-corrected chi connectivity index (χ1v) is 7.14. The minimum atomic E-state index is -0.313. The van der Waals surface area contributed by atoms with Crippen molar-refractivity contribution in [2.24, 2.45) is 0 Å². The van der Waals surface area contributed by atoms with E-state index in [0.29, 0.717) is 4.91 Å². The average molecular weight is 269 g/mol. The molecule has 0 amide bonds. The Balaban J connectivity index is 2.65. The van der Waals surface area contributed by atoms with Gasteiger partial charge in [-0.1, -0.05) is 29.0 Å². The number of methoxy groups -OCH3 is 1. The molecule has 5 heteroatoms. The summed E-state index contributed by atoms with van der Waals surface area (Å²) >= 11 is 0. The van der Waals surface area contributed by atoms with Crippen LogP contribution in [0.4, 0.5) is 0 Å². The van der Waals surface area contributed by atoms with Crippen LogP contribution < -0.4 is 0 Å². The van der Waals surface area contributed by atoms with Crippen molar-refractivity contribution in [1.82, 2.24) is 4.90 Å². The number of ether oxygens (including phenoxy) is 1. The summed E-state index contributed by atoms with van der Waals surface area (Å²) in [6.07, 6.45) is 1.76. The van der Waals surface area contributed by atoms with E-state index in [1.807, 2.05) is 49.3 Å². The molecule has 0 aliphatic rings. The predicted octanol–water partition coefficient (Wildman–Crippen LogP) is 3.00. The van der Waals surface area contributed by atoms with E-state index in [0.717, 1.165) is 4.90 Å². The van der Waals surface area contributed by atoms with Gasteiger partial charge in [0.15, 0.2) is 0 Å². The fourth-order valence-electron chi connectivity index (χ4n) is 1.01. The van der Waals surface area contributed by atoms with Crippen LogP contribution >= 0.6 is 21.6 Å². The van der Waals surface area contributed by atoms with Gasteiger partial charge in [-0.15, -0.1) is 0 Å². The monoisotopic (exact) mass is 269 g/mol. The molecule has 0 aliphatic heterocycles. The molecule has 1 rings (SSSR count). The second kappa shape index (κ2) is 7.29. The van der Waals surface area contributed by atoms with Gasteiger partial charge in [-0.3, -0.25) is 0 Å². The molecule has 0 spiro atoms. The Hall–Kier alpha value is -1.07. The summed E-state index contributed by atoms with van der Waals surface area (Å²) in [5, 5.41) is 0. The van der Waals surface area contributed by atoms with Crippen LogP contribution in [0.15, 0.2) is 46.3 Å². The average Bonchev–Trinajstić information content (AvgIpc) is 2.34. The van der Waals surface area contributed by atoms with Gasteiger partial charge in [0, 0.05) is 25.2 Å². The minimum absolute atomic E-state index is 0.313. The summed E-state index contributed by atoms with van der Waals surface area (Å²) in [5.74, 6) is -0.313. The van der Waals surface area contributed by atoms with E-state index in [-0.39, 0.29) is 5.97 Å². The van der Waals surface area contributed by atoms with E-state index in [2.05, 4.69) is 0 Å². The zero-order valence-corrected chi connectivity index (χ0v) is 11.7. The highest BCUT2D eigenvalue weighted by Crippen LogP contribution is 2.37. The van der Waals surface area contributed by atoms with Crippen molar-refractivity contribution < 1.29 is 9.53 Å². The number of nitrogens with zero attached hydrogens (tertiary/aromatic N) is 1. The standard InChI is InChI=1S/C12H15NO2S2/c1-13(2)9-11(12(14)15-3)17-16-10-7-5-4-6-8-10/h4-9H,1-3H3/b11-9-. The van der Waals surface area contributed by atoms with Gasteiger partial charge in [0.05, 0.1) is 7.11 Å². The van der Waals surface area contributed by atoms with Crippen molar-refractivity contribution in [1.29, 1.82) is 0 Å². The number of benzene rings is 1. The highest BCUT2D eigenvalue weighted by molar-refractivity contribution is 8.78. The zero-order chi connectivity index (χ0) is 12.7. The van der Waals surface area contributed by atoms with Crippen molar-refractivity contribution in [2.75, 3.05) is 21.2 Å². The first-order chi connectivity index (χ1) is 8.13. The van der Waals surface area contributed by atoms with E-state index in [9.17, 15) is 4.79 Å². The third-order valence-corrected chi connectivity index (χ3v) is 4.10. The van der Waals surface area contributed by atoms with Gasteiger partial charge in [0.2, 0.25) is 0 Å². The number of rotatable bonds is 5. The second-order valence-corrected chi connectivity index (χ2v) is 5.67. The molecule has 0 fully saturated rings. The summed E-state index contributed by atoms with van der Waals surface area (Å²) in [4.78, 5) is 15.0. The molecule has 0 aromatic heterocycles. The van der Waals surface area contributed by atoms with Crippen molar-refractivity contribution in [3.63, 3.8) is 0 Å². The van der Waals surface area contributed by atoms with Crippen molar-refractivity contribution in [2.45, 2.75) is 4.90 Å². The van der Waals surface area contributed by atoms with E-state index in [1.54, 1.807) is 6.20 Å². The molecule has 3 nitrogen and oxygen atoms in total. The fourth-order valence-corrected chi connectivity index (χ4v) is 3.10. The van der Waals surface area contributed by atoms with E-state index < -0.39 is 0 Å². The first-order valence-electron chi connectivity index (χ1n) is 4.99. The largest absolute Gasteiger partial charge is 0.465 e. The lowest BCUT2D eigenvalue weighted by Crippen LogP contribution is -2.08. The molecule has 92 valence electrons. The van der Waals surface area contributed by atoms with Crippen LogP contribution in [-0.4, -0.2) is 32.1 Å². The Labute approximate surface area is 110 Å². The van der Waals surface area contributed by atoms with Gasteiger partial charge >= 0.3 is 5.97 Å². The molecular formula is C12H15NO2S2. The second-order valence-electron chi connectivity index (χ2n) is 3.43. The number of esters is 1. The molecule has 0 saturated carbocycles. The van der Waals surface area contributed by atoms with Crippen LogP contribution in [0.2, 0.25) is 0 Å². The normalized spacial score (nSPS) is 11.1. The van der Waals surface area contributed by atoms with Crippen LogP contribution in [0.25, 0.3) is 0 Å². The Bertz CT molecular complexity index is 391. The highest BCUT2D eigenvalue weighted by Gasteiger charge is 2.11. The number of hydrogen-bond acceptors (Lipinski definition) is 5. The molecule has 0 bridgehead atoms. The number of carbonyl (C=O) groups is 1. The third-order valence-electron chi connectivity index (χ3n) is 1.73. The third kappa shape index (κ3) is 5.19. The molecule has 0 aliphatic carbocycles. The van der Waals surface area contributed by atoms with Crippen molar-refractivity contribution in [3.8, 4) is 0 Å². The summed E-state index contributed by atoms with van der Waals surface area (Å²) in [7, 11) is 8.06. The van der Waals surface area contributed by atoms with Crippen LogP contribution in [0, 0.1) is 0 Å². The summed E-state index contributed by atoms with van der Waals surface area (Å²) in [6.45, 7) is 0. The quantitative estimate of drug-likeness (QED) is 0.466. The Morgan fingerprint density at radius 1 is 1.29 bits per heavy atom. The molecule has 0 N–H and O–H groups in total. The van der Waals surface area contributed by atoms with Crippen LogP contribution in [0.1, 0.15) is 0 Å². The van der Waals surface area contributed by atoms with E-state index in [4.69, 9.17) is 4.74 Å². The lowest BCUT2D eigenvalue weighted by atomic mass is 10.4. The van der Waals surface area contributed by atoms with Gasteiger partial charge < -0.3 is 9.64 Å². The molecule has 1 aromatic rings. The summed E-state index contributed by atoms with van der Waals surface area (Å²) in [5.41, 5.74) is 0. The molecule has 0 saturated heterocycles. The SMILES string of the molecule is COC(=O)/C(=C/N(C)C)SSc1ccccc1. The van der Waals surface area contributed by atoms with Crippen molar-refractivity contribution >= 4 is 27.6 Å². The maximum Gasteiger partial charge on any atom is 0.346 e. The lowest BCUT2D eigenvalue weighted by molar-refractivity contribution is -0.135. The maximum atomic E-state index is 11.5. The minimum Gasteiger partial charge on any atom is -0.465 e. The van der Waals surface area contributed by atoms with Gasteiger partial charge in [-0.2, -0.15) is 0 Å². The summed E-state index contributed by atoms with van der Waals surface area (Å²) in [6, 6.07) is 9.91. The number of carbonyl (C=O) groups excluding carboxylic acids is 1. The Morgan fingerprint density at radius 2 is 1.94 bits per heavy atom. The lowest BCUT2D eigenvalue weighted by Gasteiger charge is -2.09. The molecular weight excluding hydrogens is 254 g/mol. The maximum absolute atomic E-state index is 11.5. The molecule has 17 heavy (non-hydrogen) atoms. The Morgan fingerprint density at radius 3 is 2.47 bits per heavy atom. The fraction of sp³-hybridized carbons (Fsp3) is 0.250. The topological polar surface area (TPSA) is 29.5 Å². The summed E-state index contributed by atoms with van der Waals surface area (Å²) < 4.78 is 4.73. The molecule has 0 unspecified atom stereocenters. The predicted molar refractivity (Wildman–Crippen MR) is 73.7 cm³/mol. The first kappa shape index (κ1) is 14.0. The van der Waals surface area contributed by atoms with Gasteiger partial charge in [0.25, 0.3) is 0 Å². The number of hydrogen-bond donors (Lipinski definition) is 0. The molecule has 1 aromatic carbocycles. The van der Waals surface area contributed by atoms with E-state index in [1.165, 1.54) is 28.7 Å². The smallest absolute Gasteiger partial charge is 0.346 e. The molecule has 0 radical (unpaired) electrons. The van der Waals surface area contributed by atoms with Crippen LogP contribution in [0.3, 0.4) is 0 Å². The van der Waals surface area contributed by atoms with Gasteiger partial charge in [-0.25, -0.2) is 4.79 Å². The van der Waals surface area contributed by atoms with Crippen LogP contribution in [0.5, 0.6) is 0 Å². The van der Waals surface area contributed by atoms with Gasteiger partial charge in [-0.05, 0) is 22.9 Å². The van der Waals surface area contributed by atoms with Crippen molar-refractivity contribution in [3.05, 3.63) is 41.4 Å². The Kier molecular flexibility index (Phi) is 6.00. The molecule has 0 atom stereocenters. The molecule has 0 heterocycles. The van der Waals surface area contributed by atoms with Gasteiger partial charge in [0.1, 0.15) is 4.91 Å². The zero-order valence-electron chi connectivity index (χ0n) is 10.0. The van der Waals surface area contributed by atoms with E-state index >= 15 is 0 Å². The highest BCUT2D eigenvalue weighted by atomic mass is 33.1.